The van der Waals surface area contributed by atoms with Crippen LogP contribution in [-0.4, -0.2) is 34.2 Å². The lowest BCUT2D eigenvalue weighted by Gasteiger charge is -2.09. The molecule has 5 rings (SSSR count). The molecular weight excluding hydrogens is 393 g/mol. The highest BCUT2D eigenvalue weighted by atomic mass is 19.1. The number of aromatic nitrogens is 3. The zero-order valence-corrected chi connectivity index (χ0v) is 16.2. The molecule has 3 heterocycles. The Morgan fingerprint density at radius 3 is 2.90 bits per heavy atom. The Hall–Kier alpha value is -3.82. The van der Waals surface area contributed by atoms with Gasteiger partial charge in [-0.15, -0.1) is 0 Å². The predicted molar refractivity (Wildman–Crippen MR) is 109 cm³/mol. The Morgan fingerprint density at radius 2 is 2.13 bits per heavy atom. The van der Waals surface area contributed by atoms with Crippen LogP contribution in [0, 0.1) is 5.82 Å². The molecule has 9 nitrogen and oxygen atoms in total. The topological polar surface area (TPSA) is 131 Å². The molecule has 4 aromatic rings. The van der Waals surface area contributed by atoms with Crippen molar-refractivity contribution in [1.82, 2.24) is 14.5 Å². The van der Waals surface area contributed by atoms with E-state index in [0.29, 0.717) is 47.9 Å². The van der Waals surface area contributed by atoms with Gasteiger partial charge in [0.15, 0.2) is 17.1 Å². The fourth-order valence-corrected chi connectivity index (χ4v) is 3.52. The van der Waals surface area contributed by atoms with Gasteiger partial charge in [-0.1, -0.05) is 0 Å². The molecule has 1 amide bonds. The number of oxazole rings is 1. The normalized spacial score (nSPS) is 12.7. The summed E-state index contributed by atoms with van der Waals surface area (Å²) in [4.78, 5) is 17.3. The van der Waals surface area contributed by atoms with E-state index in [-0.39, 0.29) is 23.7 Å². The Morgan fingerprint density at radius 1 is 1.33 bits per heavy atom. The largest absolute Gasteiger partial charge is 0.491 e. The van der Waals surface area contributed by atoms with Crippen LogP contribution >= 0.6 is 0 Å². The number of primary amides is 1. The third-order valence-electron chi connectivity index (χ3n) is 4.63. The van der Waals surface area contributed by atoms with Crippen LogP contribution in [0.2, 0.25) is 0 Å². The zero-order chi connectivity index (χ0) is 21.3. The lowest BCUT2D eigenvalue weighted by Crippen LogP contribution is -2.01. The van der Waals surface area contributed by atoms with Crippen molar-refractivity contribution in [1.29, 1.82) is 0 Å². The molecule has 2 aromatic carbocycles. The Kier molecular flexibility index (Phi) is 5.13. The molecule has 10 heteroatoms. The molecular formula is C20H20FN5O4. The van der Waals surface area contributed by atoms with Crippen molar-refractivity contribution in [2.24, 2.45) is 5.73 Å². The first-order valence-corrected chi connectivity index (χ1v) is 9.37. The molecule has 156 valence electrons. The third kappa shape index (κ3) is 3.25. The first-order valence-electron chi connectivity index (χ1n) is 9.37. The van der Waals surface area contributed by atoms with Gasteiger partial charge in [-0.05, 0) is 31.5 Å². The fourth-order valence-electron chi connectivity index (χ4n) is 3.52. The van der Waals surface area contributed by atoms with Crippen molar-refractivity contribution < 1.29 is 23.1 Å². The number of rotatable bonds is 3. The van der Waals surface area contributed by atoms with Crippen LogP contribution in [0.15, 0.2) is 28.7 Å². The molecule has 0 unspecified atom stereocenters. The summed E-state index contributed by atoms with van der Waals surface area (Å²) in [7, 11) is 0. The smallest absolute Gasteiger partial charge is 0.292 e. The van der Waals surface area contributed by atoms with Gasteiger partial charge in [0.25, 0.3) is 6.01 Å². The van der Waals surface area contributed by atoms with Crippen LogP contribution in [-0.2, 0) is 11.3 Å². The van der Waals surface area contributed by atoms with Crippen molar-refractivity contribution >= 4 is 34.6 Å². The Bertz CT molecular complexity index is 1230. The third-order valence-corrected chi connectivity index (χ3v) is 4.63. The number of imidazole rings is 1. The maximum atomic E-state index is 15.0. The first kappa shape index (κ1) is 19.5. The molecule has 0 atom stereocenters. The number of hydrogen-bond donors (Lipinski definition) is 2. The van der Waals surface area contributed by atoms with Crippen LogP contribution < -0.4 is 20.9 Å². The molecule has 0 spiro atoms. The van der Waals surface area contributed by atoms with Gasteiger partial charge in [0.05, 0.1) is 13.2 Å². The van der Waals surface area contributed by atoms with E-state index in [2.05, 4.69) is 15.7 Å². The summed E-state index contributed by atoms with van der Waals surface area (Å²) in [6.07, 6.45) is 1.04. The van der Waals surface area contributed by atoms with E-state index in [0.717, 1.165) is 12.0 Å². The lowest BCUT2D eigenvalue weighted by atomic mass is 10.2. The molecule has 0 saturated carbocycles. The summed E-state index contributed by atoms with van der Waals surface area (Å²) in [5, 5.41) is 0. The second-order valence-corrected chi connectivity index (χ2v) is 6.48. The predicted octanol–water partition coefficient (Wildman–Crippen LogP) is 2.85. The van der Waals surface area contributed by atoms with Crippen molar-refractivity contribution in [3.05, 3.63) is 30.1 Å². The summed E-state index contributed by atoms with van der Waals surface area (Å²) in [5.74, 6) is 0.899. The maximum Gasteiger partial charge on any atom is 0.292 e. The van der Waals surface area contributed by atoms with Gasteiger partial charge < -0.3 is 29.9 Å². The molecule has 2 aromatic heterocycles. The standard InChI is InChI=1S/C19H17FN4O3.CH3NO/c1-2-25-13-9-14-17-16(15(13)20)23-18(24(17)6-3-7-26-14)10-4-5-12-11(8-10)22-19(21)27-12;2-1-3/h4-5,8-9H,2-3,6-7H2,1H3,(H2,21,22);1H,(H2,2,3). The number of amides is 1. The lowest BCUT2D eigenvalue weighted by molar-refractivity contribution is -0.106. The van der Waals surface area contributed by atoms with Crippen LogP contribution in [0.5, 0.6) is 11.5 Å². The number of ether oxygens (including phenoxy) is 2. The maximum absolute atomic E-state index is 15.0. The monoisotopic (exact) mass is 413 g/mol. The number of benzene rings is 2. The van der Waals surface area contributed by atoms with Gasteiger partial charge in [-0.3, -0.25) is 4.79 Å². The number of hydrogen-bond acceptors (Lipinski definition) is 7. The minimum Gasteiger partial charge on any atom is -0.491 e. The molecule has 0 fully saturated rings. The highest BCUT2D eigenvalue weighted by Crippen LogP contribution is 2.39. The van der Waals surface area contributed by atoms with Gasteiger partial charge >= 0.3 is 0 Å². The van der Waals surface area contributed by atoms with Gasteiger partial charge in [0.2, 0.25) is 6.41 Å². The molecule has 4 N–H and O–H groups in total. The van der Waals surface area contributed by atoms with E-state index in [4.69, 9.17) is 24.4 Å². The molecule has 0 radical (unpaired) electrons. The number of nitrogen functional groups attached to an aromatic ring is 1. The van der Waals surface area contributed by atoms with Crippen molar-refractivity contribution in [3.63, 3.8) is 0 Å². The van der Waals surface area contributed by atoms with Crippen LogP contribution in [0.1, 0.15) is 13.3 Å². The van der Waals surface area contributed by atoms with Crippen LogP contribution in [0.4, 0.5) is 10.4 Å². The summed E-state index contributed by atoms with van der Waals surface area (Å²) >= 11 is 0. The second kappa shape index (κ2) is 7.90. The molecule has 0 bridgehead atoms. The SMILES string of the molecule is CCOc1cc2c3c(nc(-c4ccc5oc(N)nc5c4)n3CCCO2)c1F.NC=O. The van der Waals surface area contributed by atoms with E-state index in [9.17, 15) is 4.39 Å². The highest BCUT2D eigenvalue weighted by Gasteiger charge is 2.25. The Balaban J connectivity index is 0.000000687. The second-order valence-electron chi connectivity index (χ2n) is 6.48. The van der Waals surface area contributed by atoms with Crippen molar-refractivity contribution in [2.45, 2.75) is 19.9 Å². The minimum atomic E-state index is -0.479. The minimum absolute atomic E-state index is 0.108. The number of halogens is 1. The zero-order valence-electron chi connectivity index (χ0n) is 16.2. The average Bonchev–Trinajstić information content (AvgIpc) is 3.21. The number of nitrogens with two attached hydrogens (primary N) is 2. The van der Waals surface area contributed by atoms with E-state index >= 15 is 0 Å². The van der Waals surface area contributed by atoms with Crippen molar-refractivity contribution in [3.8, 4) is 22.9 Å². The van der Waals surface area contributed by atoms with E-state index in [1.165, 1.54) is 0 Å². The van der Waals surface area contributed by atoms with Crippen LogP contribution in [0.25, 0.3) is 33.5 Å². The van der Waals surface area contributed by atoms with Gasteiger partial charge in [0.1, 0.15) is 28.1 Å². The summed E-state index contributed by atoms with van der Waals surface area (Å²) in [6.45, 7) is 3.39. The number of nitrogens with zero attached hydrogens (tertiary/aromatic N) is 3. The summed E-state index contributed by atoms with van der Waals surface area (Å²) in [6, 6.07) is 7.21. The molecule has 0 saturated heterocycles. The summed E-state index contributed by atoms with van der Waals surface area (Å²) in [5.41, 5.74) is 12.7. The number of carbonyl (C=O) groups excluding carboxylic acids is 1. The van der Waals surface area contributed by atoms with Crippen LogP contribution in [0.3, 0.4) is 0 Å². The highest BCUT2D eigenvalue weighted by molar-refractivity contribution is 5.89. The van der Waals surface area contributed by atoms with E-state index < -0.39 is 5.82 Å². The van der Waals surface area contributed by atoms with E-state index in [1.807, 2.05) is 23.6 Å². The molecule has 1 aliphatic rings. The number of aryl methyl sites for hydroxylation is 1. The van der Waals surface area contributed by atoms with Gasteiger partial charge in [-0.25, -0.2) is 9.37 Å². The summed E-state index contributed by atoms with van der Waals surface area (Å²) < 4.78 is 33.6. The first-order chi connectivity index (χ1) is 14.6. The Labute approximate surface area is 170 Å². The van der Waals surface area contributed by atoms with Crippen molar-refractivity contribution in [2.75, 3.05) is 18.9 Å². The van der Waals surface area contributed by atoms with Gasteiger partial charge in [-0.2, -0.15) is 4.98 Å². The number of carbonyl (C=O) groups is 1. The molecule has 1 aliphatic heterocycles. The number of fused-ring (bicyclic) bond motifs is 1. The molecule has 30 heavy (non-hydrogen) atoms. The molecule has 0 aliphatic carbocycles. The van der Waals surface area contributed by atoms with Gasteiger partial charge in [0, 0.05) is 18.2 Å². The average molecular weight is 413 g/mol. The number of anilines is 1. The quantitative estimate of drug-likeness (QED) is 0.494. The van der Waals surface area contributed by atoms with E-state index in [1.54, 1.807) is 12.1 Å². The fraction of sp³-hybridized carbons (Fsp3) is 0.250.